The maximum absolute atomic E-state index is 13.2. The molecular formula is C10H11BrFNO. The summed E-state index contributed by atoms with van der Waals surface area (Å²) in [5.74, 6) is -0.809. The zero-order valence-corrected chi connectivity index (χ0v) is 9.36. The second-order valence-electron chi connectivity index (χ2n) is 3.62. The molecule has 0 unspecified atom stereocenters. The van der Waals surface area contributed by atoms with Gasteiger partial charge in [-0.25, -0.2) is 4.39 Å². The van der Waals surface area contributed by atoms with Crippen molar-refractivity contribution in [2.24, 2.45) is 0 Å². The van der Waals surface area contributed by atoms with Crippen molar-refractivity contribution in [1.82, 2.24) is 5.32 Å². The first-order valence-corrected chi connectivity index (χ1v) is 5.26. The zero-order valence-electron chi connectivity index (χ0n) is 7.77. The topological polar surface area (TPSA) is 32.3 Å². The fourth-order valence-electron chi connectivity index (χ4n) is 1.71. The van der Waals surface area contributed by atoms with Crippen LogP contribution in [-0.4, -0.2) is 12.2 Å². The molecule has 2 nitrogen and oxygen atoms in total. The standard InChI is InChI=1S/C10H11BrFNO/c1-13-10(2-3-10)7-4-6(11)5-8(12)9(7)14/h4-5,13-14H,2-3H2,1H3. The summed E-state index contributed by atoms with van der Waals surface area (Å²) in [6.07, 6.45) is 1.87. The van der Waals surface area contributed by atoms with Crippen LogP contribution in [0.25, 0.3) is 0 Å². The van der Waals surface area contributed by atoms with E-state index in [-0.39, 0.29) is 11.3 Å². The van der Waals surface area contributed by atoms with Crippen LogP contribution >= 0.6 is 15.9 Å². The highest BCUT2D eigenvalue weighted by molar-refractivity contribution is 9.10. The van der Waals surface area contributed by atoms with Crippen LogP contribution in [0.15, 0.2) is 16.6 Å². The number of phenols is 1. The maximum Gasteiger partial charge on any atom is 0.166 e. The Kier molecular flexibility index (Phi) is 2.27. The molecular weight excluding hydrogens is 249 g/mol. The molecule has 2 N–H and O–H groups in total. The van der Waals surface area contributed by atoms with Crippen LogP contribution in [0.1, 0.15) is 18.4 Å². The number of phenolic OH excluding ortho intramolecular Hbond substituents is 1. The second-order valence-corrected chi connectivity index (χ2v) is 4.53. The molecule has 1 saturated carbocycles. The molecule has 0 saturated heterocycles. The summed E-state index contributed by atoms with van der Waals surface area (Å²) in [6.45, 7) is 0. The van der Waals surface area contributed by atoms with E-state index in [2.05, 4.69) is 21.2 Å². The van der Waals surface area contributed by atoms with Crippen molar-refractivity contribution in [3.8, 4) is 5.75 Å². The first-order valence-electron chi connectivity index (χ1n) is 4.46. The monoisotopic (exact) mass is 259 g/mol. The molecule has 0 amide bonds. The number of nitrogens with one attached hydrogen (secondary N) is 1. The fraction of sp³-hybridized carbons (Fsp3) is 0.400. The lowest BCUT2D eigenvalue weighted by molar-refractivity contribution is 0.411. The lowest BCUT2D eigenvalue weighted by Gasteiger charge is -2.16. The number of hydrogen-bond donors (Lipinski definition) is 2. The van der Waals surface area contributed by atoms with Crippen LogP contribution in [0, 0.1) is 5.82 Å². The molecule has 1 fully saturated rings. The molecule has 0 aliphatic heterocycles. The van der Waals surface area contributed by atoms with E-state index in [4.69, 9.17) is 0 Å². The molecule has 0 heterocycles. The van der Waals surface area contributed by atoms with Crippen LogP contribution < -0.4 is 5.32 Å². The van der Waals surface area contributed by atoms with Crippen LogP contribution in [0.2, 0.25) is 0 Å². The van der Waals surface area contributed by atoms with Gasteiger partial charge in [-0.05, 0) is 32.0 Å². The second kappa shape index (κ2) is 3.21. The average molecular weight is 260 g/mol. The minimum absolute atomic E-state index is 0.214. The van der Waals surface area contributed by atoms with Crippen LogP contribution in [0.4, 0.5) is 4.39 Å². The fourth-order valence-corrected chi connectivity index (χ4v) is 2.14. The van der Waals surface area contributed by atoms with Gasteiger partial charge in [-0.1, -0.05) is 15.9 Å². The predicted molar refractivity (Wildman–Crippen MR) is 55.7 cm³/mol. The molecule has 0 radical (unpaired) electrons. The lowest BCUT2D eigenvalue weighted by atomic mass is 10.0. The summed E-state index contributed by atoms with van der Waals surface area (Å²) in [4.78, 5) is 0. The van der Waals surface area contributed by atoms with E-state index in [1.165, 1.54) is 6.07 Å². The van der Waals surface area contributed by atoms with Gasteiger partial charge in [-0.3, -0.25) is 0 Å². The van der Waals surface area contributed by atoms with E-state index in [1.54, 1.807) is 6.07 Å². The maximum atomic E-state index is 13.2. The van der Waals surface area contributed by atoms with E-state index < -0.39 is 5.82 Å². The van der Waals surface area contributed by atoms with Gasteiger partial charge in [0.15, 0.2) is 11.6 Å². The van der Waals surface area contributed by atoms with Gasteiger partial charge >= 0.3 is 0 Å². The Morgan fingerprint density at radius 1 is 1.50 bits per heavy atom. The molecule has 0 bridgehead atoms. The van der Waals surface area contributed by atoms with Crippen molar-refractivity contribution in [3.63, 3.8) is 0 Å². The first kappa shape index (κ1) is 9.93. The van der Waals surface area contributed by atoms with Crippen LogP contribution in [0.5, 0.6) is 5.75 Å². The first-order chi connectivity index (χ1) is 6.59. The van der Waals surface area contributed by atoms with Gasteiger partial charge in [0, 0.05) is 15.6 Å². The highest BCUT2D eigenvalue weighted by Gasteiger charge is 2.45. The van der Waals surface area contributed by atoms with E-state index in [9.17, 15) is 9.50 Å². The minimum atomic E-state index is -0.573. The Morgan fingerprint density at radius 3 is 2.64 bits per heavy atom. The lowest BCUT2D eigenvalue weighted by Crippen LogP contribution is -2.24. The average Bonchev–Trinajstić information content (AvgIpc) is 2.92. The van der Waals surface area contributed by atoms with E-state index >= 15 is 0 Å². The van der Waals surface area contributed by atoms with Gasteiger partial charge in [-0.15, -0.1) is 0 Å². The van der Waals surface area contributed by atoms with E-state index in [0.29, 0.717) is 10.0 Å². The molecule has 0 aromatic heterocycles. The number of halogens is 2. The van der Waals surface area contributed by atoms with Crippen molar-refractivity contribution in [1.29, 1.82) is 0 Å². The van der Waals surface area contributed by atoms with Crippen molar-refractivity contribution < 1.29 is 9.50 Å². The number of hydrogen-bond acceptors (Lipinski definition) is 2. The largest absolute Gasteiger partial charge is 0.505 e. The summed E-state index contributed by atoms with van der Waals surface area (Å²) in [5, 5.41) is 12.7. The third kappa shape index (κ3) is 1.42. The van der Waals surface area contributed by atoms with Crippen LogP contribution in [-0.2, 0) is 5.54 Å². The summed E-state index contributed by atoms with van der Waals surface area (Å²) >= 11 is 3.22. The molecule has 1 aromatic rings. The molecule has 2 rings (SSSR count). The Morgan fingerprint density at radius 2 is 2.14 bits per heavy atom. The highest BCUT2D eigenvalue weighted by atomic mass is 79.9. The number of benzene rings is 1. The van der Waals surface area contributed by atoms with Gasteiger partial charge < -0.3 is 10.4 Å². The van der Waals surface area contributed by atoms with Gasteiger partial charge in [-0.2, -0.15) is 0 Å². The molecule has 4 heteroatoms. The minimum Gasteiger partial charge on any atom is -0.505 e. The van der Waals surface area contributed by atoms with Gasteiger partial charge in [0.2, 0.25) is 0 Å². The van der Waals surface area contributed by atoms with Crippen molar-refractivity contribution in [3.05, 3.63) is 28.0 Å². The molecule has 1 aromatic carbocycles. The van der Waals surface area contributed by atoms with Gasteiger partial charge in [0.1, 0.15) is 0 Å². The number of rotatable bonds is 2. The SMILES string of the molecule is CNC1(c2cc(Br)cc(F)c2O)CC1. The molecule has 1 aliphatic carbocycles. The van der Waals surface area contributed by atoms with E-state index in [0.717, 1.165) is 12.8 Å². The third-order valence-corrected chi connectivity index (χ3v) is 3.23. The normalized spacial score (nSPS) is 18.2. The van der Waals surface area contributed by atoms with E-state index in [1.807, 2.05) is 7.05 Å². The molecule has 0 spiro atoms. The quantitative estimate of drug-likeness (QED) is 0.856. The summed E-state index contributed by atoms with van der Waals surface area (Å²) < 4.78 is 13.9. The predicted octanol–water partition coefficient (Wildman–Crippen LogP) is 2.50. The summed E-state index contributed by atoms with van der Waals surface area (Å²) in [6, 6.07) is 3.03. The third-order valence-electron chi connectivity index (χ3n) is 2.77. The molecule has 1 aliphatic rings. The molecule has 76 valence electrons. The van der Waals surface area contributed by atoms with Crippen molar-refractivity contribution >= 4 is 15.9 Å². The highest BCUT2D eigenvalue weighted by Crippen LogP contribution is 2.49. The van der Waals surface area contributed by atoms with Gasteiger partial charge in [0.25, 0.3) is 0 Å². The Bertz CT molecular complexity index is 377. The summed E-state index contributed by atoms with van der Waals surface area (Å²) in [7, 11) is 1.82. The van der Waals surface area contributed by atoms with Gasteiger partial charge in [0.05, 0.1) is 0 Å². The van der Waals surface area contributed by atoms with Crippen LogP contribution in [0.3, 0.4) is 0 Å². The Balaban J connectivity index is 2.52. The Hall–Kier alpha value is -0.610. The number of aromatic hydroxyl groups is 1. The molecule has 14 heavy (non-hydrogen) atoms. The smallest absolute Gasteiger partial charge is 0.166 e. The zero-order chi connectivity index (χ0) is 10.3. The Labute approximate surface area is 90.3 Å². The van der Waals surface area contributed by atoms with Crippen molar-refractivity contribution in [2.75, 3.05) is 7.05 Å². The molecule has 0 atom stereocenters. The summed E-state index contributed by atoms with van der Waals surface area (Å²) in [5.41, 5.74) is 0.432. The van der Waals surface area contributed by atoms with Crippen molar-refractivity contribution in [2.45, 2.75) is 18.4 Å².